The summed E-state index contributed by atoms with van der Waals surface area (Å²) in [7, 11) is 1.33. The van der Waals surface area contributed by atoms with Gasteiger partial charge in [-0.1, -0.05) is 31.4 Å². The molecule has 0 aliphatic rings. The minimum atomic E-state index is -0.479. The smallest absolute Gasteiger partial charge is 0.328 e. The Bertz CT molecular complexity index is 392. The normalized spacial score (nSPS) is 12.0. The molecule has 0 spiro atoms. The summed E-state index contributed by atoms with van der Waals surface area (Å²) in [6, 6.07) is 3.61. The van der Waals surface area contributed by atoms with Crippen molar-refractivity contribution in [1.82, 2.24) is 0 Å². The number of unbranched alkanes of at least 4 members (excludes halogenated alkanes) is 1. The van der Waals surface area contributed by atoms with Gasteiger partial charge >= 0.3 is 5.97 Å². The summed E-state index contributed by atoms with van der Waals surface area (Å²) in [4.78, 5) is 11.6. The Labute approximate surface area is 111 Å². The lowest BCUT2D eigenvalue weighted by atomic mass is 10.1. The lowest BCUT2D eigenvalue weighted by Crippen LogP contribution is -2.30. The summed E-state index contributed by atoms with van der Waals surface area (Å²) < 4.78 is 17.9. The molecule has 1 N–H and O–H groups in total. The number of carbonyl (C=O) groups excluding carboxylic acids is 1. The predicted molar refractivity (Wildman–Crippen MR) is 70.4 cm³/mol. The van der Waals surface area contributed by atoms with Crippen molar-refractivity contribution in [2.45, 2.75) is 32.2 Å². The van der Waals surface area contributed by atoms with E-state index in [1.807, 2.05) is 6.92 Å². The second-order valence-electron chi connectivity index (χ2n) is 4.02. The van der Waals surface area contributed by atoms with Gasteiger partial charge in [-0.05, 0) is 24.6 Å². The van der Waals surface area contributed by atoms with Crippen LogP contribution in [0.3, 0.4) is 0 Å². The minimum Gasteiger partial charge on any atom is -0.467 e. The average molecular weight is 274 g/mol. The molecule has 3 nitrogen and oxygen atoms in total. The highest BCUT2D eigenvalue weighted by Gasteiger charge is 2.18. The Morgan fingerprint density at radius 1 is 1.50 bits per heavy atom. The summed E-state index contributed by atoms with van der Waals surface area (Å²) in [6.45, 7) is 2.04. The maximum absolute atomic E-state index is 13.2. The van der Waals surface area contributed by atoms with Gasteiger partial charge in [0.05, 0.1) is 7.11 Å². The van der Waals surface area contributed by atoms with Gasteiger partial charge in [0.1, 0.15) is 11.9 Å². The topological polar surface area (TPSA) is 38.3 Å². The zero-order chi connectivity index (χ0) is 13.5. The molecule has 1 aromatic rings. The Kier molecular flexibility index (Phi) is 5.92. The Hall–Kier alpha value is -1.29. The Balaban J connectivity index is 2.78. The second kappa shape index (κ2) is 7.21. The molecule has 1 unspecified atom stereocenters. The van der Waals surface area contributed by atoms with Gasteiger partial charge in [-0.15, -0.1) is 0 Å². The average Bonchev–Trinajstić information content (AvgIpc) is 2.32. The van der Waals surface area contributed by atoms with E-state index in [4.69, 9.17) is 16.3 Å². The molecule has 100 valence electrons. The number of carbonyl (C=O) groups is 1. The first-order valence-corrected chi connectivity index (χ1v) is 6.25. The third-order valence-electron chi connectivity index (χ3n) is 2.54. The molecule has 0 fully saturated rings. The Morgan fingerprint density at radius 3 is 2.78 bits per heavy atom. The standard InChI is InChI=1S/C13H17ClFNO2/c1-3-4-5-12(13(17)18-2)16-11-7-9(14)6-10(15)8-11/h6-8,12,16H,3-5H2,1-2H3. The fourth-order valence-corrected chi connectivity index (χ4v) is 1.86. The predicted octanol–water partition coefficient (Wildman–Crippen LogP) is 3.62. The number of ether oxygens (including phenoxy) is 1. The molecular weight excluding hydrogens is 257 g/mol. The number of methoxy groups -OCH3 is 1. The van der Waals surface area contributed by atoms with Crippen LogP contribution < -0.4 is 5.32 Å². The summed E-state index contributed by atoms with van der Waals surface area (Å²) in [5.41, 5.74) is 0.478. The number of halogens is 2. The number of rotatable bonds is 6. The molecule has 0 saturated heterocycles. The highest BCUT2D eigenvalue weighted by Crippen LogP contribution is 2.20. The number of hydrogen-bond donors (Lipinski definition) is 1. The van der Waals surface area contributed by atoms with Crippen LogP contribution in [-0.2, 0) is 9.53 Å². The zero-order valence-corrected chi connectivity index (χ0v) is 11.3. The van der Waals surface area contributed by atoms with E-state index < -0.39 is 11.9 Å². The van der Waals surface area contributed by atoms with E-state index >= 15 is 0 Å². The molecule has 1 atom stereocenters. The molecule has 18 heavy (non-hydrogen) atoms. The lowest BCUT2D eigenvalue weighted by molar-refractivity contribution is -0.141. The van der Waals surface area contributed by atoms with Gasteiger partial charge in [0.2, 0.25) is 0 Å². The fourth-order valence-electron chi connectivity index (χ4n) is 1.64. The van der Waals surface area contributed by atoms with Crippen molar-refractivity contribution in [3.8, 4) is 0 Å². The molecule has 5 heteroatoms. The van der Waals surface area contributed by atoms with E-state index in [1.54, 1.807) is 6.07 Å². The maximum Gasteiger partial charge on any atom is 0.328 e. The van der Waals surface area contributed by atoms with Crippen LogP contribution in [0.4, 0.5) is 10.1 Å². The van der Waals surface area contributed by atoms with Crippen molar-refractivity contribution in [2.24, 2.45) is 0 Å². The SMILES string of the molecule is CCCCC(Nc1cc(F)cc(Cl)c1)C(=O)OC. The van der Waals surface area contributed by atoms with Crippen LogP contribution in [0.5, 0.6) is 0 Å². The van der Waals surface area contributed by atoms with Crippen LogP contribution in [0.2, 0.25) is 5.02 Å². The number of hydrogen-bond acceptors (Lipinski definition) is 3. The first-order chi connectivity index (χ1) is 8.56. The summed E-state index contributed by atoms with van der Waals surface area (Å²) in [5, 5.41) is 3.24. The molecule has 1 aromatic carbocycles. The van der Waals surface area contributed by atoms with Gasteiger partial charge in [0.15, 0.2) is 0 Å². The van der Waals surface area contributed by atoms with Crippen LogP contribution in [-0.4, -0.2) is 19.1 Å². The quantitative estimate of drug-likeness (QED) is 0.805. The van der Waals surface area contributed by atoms with Gasteiger partial charge in [0.25, 0.3) is 0 Å². The summed E-state index contributed by atoms with van der Waals surface area (Å²) >= 11 is 5.76. The summed E-state index contributed by atoms with van der Waals surface area (Å²) in [5.74, 6) is -0.798. The molecule has 0 saturated carbocycles. The van der Waals surface area contributed by atoms with E-state index in [0.717, 1.165) is 12.8 Å². The molecule has 0 aliphatic heterocycles. The first-order valence-electron chi connectivity index (χ1n) is 5.87. The van der Waals surface area contributed by atoms with Crippen molar-refractivity contribution >= 4 is 23.3 Å². The monoisotopic (exact) mass is 273 g/mol. The van der Waals surface area contributed by atoms with Crippen molar-refractivity contribution in [1.29, 1.82) is 0 Å². The molecule has 0 aromatic heterocycles. The molecule has 0 heterocycles. The third-order valence-corrected chi connectivity index (χ3v) is 2.75. The highest BCUT2D eigenvalue weighted by molar-refractivity contribution is 6.30. The number of anilines is 1. The second-order valence-corrected chi connectivity index (χ2v) is 4.46. The van der Waals surface area contributed by atoms with Crippen molar-refractivity contribution in [3.05, 3.63) is 29.0 Å². The summed E-state index contributed by atoms with van der Waals surface area (Å²) in [6.07, 6.45) is 2.49. The zero-order valence-electron chi connectivity index (χ0n) is 10.5. The van der Waals surface area contributed by atoms with Gasteiger partial charge in [-0.3, -0.25) is 0 Å². The van der Waals surface area contributed by atoms with E-state index in [0.29, 0.717) is 12.1 Å². The van der Waals surface area contributed by atoms with E-state index in [-0.39, 0.29) is 11.0 Å². The van der Waals surface area contributed by atoms with Crippen LogP contribution in [0.25, 0.3) is 0 Å². The minimum absolute atomic E-state index is 0.289. The number of nitrogens with one attached hydrogen (secondary N) is 1. The van der Waals surface area contributed by atoms with Gasteiger partial charge in [0, 0.05) is 10.7 Å². The third kappa shape index (κ3) is 4.53. The molecule has 0 radical (unpaired) electrons. The maximum atomic E-state index is 13.2. The van der Waals surface area contributed by atoms with Gasteiger partial charge in [-0.25, -0.2) is 9.18 Å². The molecule has 0 amide bonds. The van der Waals surface area contributed by atoms with E-state index in [2.05, 4.69) is 5.32 Å². The first kappa shape index (κ1) is 14.8. The lowest BCUT2D eigenvalue weighted by Gasteiger charge is -2.17. The molecule has 0 bridgehead atoms. The van der Waals surface area contributed by atoms with Crippen LogP contribution >= 0.6 is 11.6 Å². The number of benzene rings is 1. The van der Waals surface area contributed by atoms with Crippen LogP contribution in [0.15, 0.2) is 18.2 Å². The van der Waals surface area contributed by atoms with E-state index in [1.165, 1.54) is 19.2 Å². The fraction of sp³-hybridized carbons (Fsp3) is 0.462. The highest BCUT2D eigenvalue weighted by atomic mass is 35.5. The molecule has 1 rings (SSSR count). The van der Waals surface area contributed by atoms with E-state index in [9.17, 15) is 9.18 Å². The van der Waals surface area contributed by atoms with Crippen molar-refractivity contribution < 1.29 is 13.9 Å². The van der Waals surface area contributed by atoms with Crippen molar-refractivity contribution in [3.63, 3.8) is 0 Å². The van der Waals surface area contributed by atoms with Crippen molar-refractivity contribution in [2.75, 3.05) is 12.4 Å². The van der Waals surface area contributed by atoms with Crippen LogP contribution in [0, 0.1) is 5.82 Å². The van der Waals surface area contributed by atoms with Crippen LogP contribution in [0.1, 0.15) is 26.2 Å². The largest absolute Gasteiger partial charge is 0.467 e. The molecular formula is C13H17ClFNO2. The Morgan fingerprint density at radius 2 is 2.22 bits per heavy atom. The van der Waals surface area contributed by atoms with Gasteiger partial charge in [-0.2, -0.15) is 0 Å². The van der Waals surface area contributed by atoms with Gasteiger partial charge < -0.3 is 10.1 Å². The molecule has 0 aliphatic carbocycles. The number of esters is 1.